The number of carbonyl (C=O) groups is 2. The van der Waals surface area contributed by atoms with Gasteiger partial charge in [0.25, 0.3) is 0 Å². The molecule has 1 aliphatic rings. The number of rotatable bonds is 3. The quantitative estimate of drug-likeness (QED) is 0.926. The number of hydrogen-bond donors (Lipinski definition) is 1. The molecule has 0 bridgehead atoms. The molecule has 116 valence electrons. The van der Waals surface area contributed by atoms with E-state index >= 15 is 0 Å². The van der Waals surface area contributed by atoms with Gasteiger partial charge in [0.15, 0.2) is 0 Å². The lowest BCUT2D eigenvalue weighted by atomic mass is 9.92. The Labute approximate surface area is 133 Å². The van der Waals surface area contributed by atoms with Crippen molar-refractivity contribution < 1.29 is 14.7 Å². The Balaban J connectivity index is 1.95. The van der Waals surface area contributed by atoms with Gasteiger partial charge in [-0.25, -0.2) is 4.79 Å². The second-order valence-corrected chi connectivity index (χ2v) is 7.25. The zero-order valence-corrected chi connectivity index (χ0v) is 13.7. The van der Waals surface area contributed by atoms with Gasteiger partial charge < -0.3 is 14.9 Å². The van der Waals surface area contributed by atoms with Crippen molar-refractivity contribution in [1.82, 2.24) is 9.80 Å². The first-order valence-corrected chi connectivity index (χ1v) is 8.06. The summed E-state index contributed by atoms with van der Waals surface area (Å²) in [6.45, 7) is 2.91. The predicted octanol–water partition coefficient (Wildman–Crippen LogP) is 3.14. The molecule has 1 N–H and O–H groups in total. The Hall–Kier alpha value is -1.27. The molecule has 1 aromatic rings. The van der Waals surface area contributed by atoms with Crippen LogP contribution in [0.5, 0.6) is 0 Å². The lowest BCUT2D eigenvalue weighted by Gasteiger charge is -2.38. The van der Waals surface area contributed by atoms with Crippen molar-refractivity contribution in [1.29, 1.82) is 0 Å². The summed E-state index contributed by atoms with van der Waals surface area (Å²) in [5, 5.41) is 9.06. The van der Waals surface area contributed by atoms with Crippen LogP contribution in [0.2, 0.25) is 4.34 Å². The Bertz CT molecular complexity index is 534. The van der Waals surface area contributed by atoms with E-state index in [1.165, 1.54) is 11.3 Å². The standard InChI is InChI=1S/C14H19ClN2O3S/c1-9-7-10(13(18)19)5-6-17(9)14(20)16(2)8-11-3-4-12(15)21-11/h3-4,9-10H,5-8H2,1-2H3,(H,18,19). The normalized spacial score (nSPS) is 22.1. The maximum Gasteiger partial charge on any atom is 0.320 e. The molecule has 2 heterocycles. The summed E-state index contributed by atoms with van der Waals surface area (Å²) >= 11 is 7.35. The molecule has 2 atom stereocenters. The number of amides is 2. The summed E-state index contributed by atoms with van der Waals surface area (Å²) in [6.07, 6.45) is 1.03. The zero-order valence-electron chi connectivity index (χ0n) is 12.1. The molecule has 5 nitrogen and oxygen atoms in total. The zero-order chi connectivity index (χ0) is 15.6. The van der Waals surface area contributed by atoms with E-state index < -0.39 is 5.97 Å². The summed E-state index contributed by atoms with van der Waals surface area (Å²) in [4.78, 5) is 27.9. The highest BCUT2D eigenvalue weighted by Crippen LogP contribution is 2.26. The lowest BCUT2D eigenvalue weighted by molar-refractivity contribution is -0.143. The third-order valence-corrected chi connectivity index (χ3v) is 5.04. The smallest absolute Gasteiger partial charge is 0.320 e. The second kappa shape index (κ2) is 6.66. The van der Waals surface area contributed by atoms with Crippen LogP contribution < -0.4 is 0 Å². The van der Waals surface area contributed by atoms with Gasteiger partial charge in [-0.3, -0.25) is 4.79 Å². The molecule has 0 saturated carbocycles. The van der Waals surface area contributed by atoms with Crippen LogP contribution in [-0.2, 0) is 11.3 Å². The summed E-state index contributed by atoms with van der Waals surface area (Å²) in [6, 6.07) is 3.62. The fourth-order valence-electron chi connectivity index (χ4n) is 2.64. The maximum atomic E-state index is 12.5. The lowest BCUT2D eigenvalue weighted by Crippen LogP contribution is -2.50. The first-order chi connectivity index (χ1) is 9.88. The Morgan fingerprint density at radius 1 is 1.52 bits per heavy atom. The van der Waals surface area contributed by atoms with Crippen molar-refractivity contribution in [3.8, 4) is 0 Å². The topological polar surface area (TPSA) is 60.9 Å². The van der Waals surface area contributed by atoms with Crippen LogP contribution in [0.15, 0.2) is 12.1 Å². The third kappa shape index (κ3) is 3.89. The molecular formula is C14H19ClN2O3S. The fourth-order valence-corrected chi connectivity index (χ4v) is 3.78. The summed E-state index contributed by atoms with van der Waals surface area (Å²) in [7, 11) is 1.76. The predicted molar refractivity (Wildman–Crippen MR) is 82.7 cm³/mol. The van der Waals surface area contributed by atoms with Crippen molar-refractivity contribution in [2.45, 2.75) is 32.4 Å². The second-order valence-electron chi connectivity index (χ2n) is 5.45. The molecule has 1 aromatic heterocycles. The highest BCUT2D eigenvalue weighted by atomic mass is 35.5. The maximum absolute atomic E-state index is 12.5. The van der Waals surface area contributed by atoms with Crippen LogP contribution in [-0.4, -0.2) is 46.5 Å². The number of carboxylic acids is 1. The summed E-state index contributed by atoms with van der Waals surface area (Å²) in [5.41, 5.74) is 0. The monoisotopic (exact) mass is 330 g/mol. The van der Waals surface area contributed by atoms with Gasteiger partial charge in [0, 0.05) is 24.5 Å². The molecular weight excluding hydrogens is 312 g/mol. The van der Waals surface area contributed by atoms with E-state index in [9.17, 15) is 9.59 Å². The number of carbonyl (C=O) groups excluding carboxylic acids is 1. The van der Waals surface area contributed by atoms with Crippen LogP contribution in [0.3, 0.4) is 0 Å². The Kier molecular flexibility index (Phi) is 5.11. The van der Waals surface area contributed by atoms with Crippen LogP contribution >= 0.6 is 22.9 Å². The Morgan fingerprint density at radius 2 is 2.24 bits per heavy atom. The number of thiophene rings is 1. The summed E-state index contributed by atoms with van der Waals surface area (Å²) in [5.74, 6) is -1.11. The Morgan fingerprint density at radius 3 is 2.76 bits per heavy atom. The van der Waals surface area contributed by atoms with E-state index in [0.29, 0.717) is 30.3 Å². The fraction of sp³-hybridized carbons (Fsp3) is 0.571. The van der Waals surface area contributed by atoms with Crippen LogP contribution in [0.1, 0.15) is 24.6 Å². The average Bonchev–Trinajstić information content (AvgIpc) is 2.83. The van der Waals surface area contributed by atoms with Gasteiger partial charge in [0.1, 0.15) is 0 Å². The van der Waals surface area contributed by atoms with Crippen LogP contribution in [0.25, 0.3) is 0 Å². The number of halogens is 1. The van der Waals surface area contributed by atoms with Gasteiger partial charge in [0.2, 0.25) is 0 Å². The van der Waals surface area contributed by atoms with Crippen molar-refractivity contribution in [2.75, 3.05) is 13.6 Å². The van der Waals surface area contributed by atoms with E-state index in [4.69, 9.17) is 16.7 Å². The van der Waals surface area contributed by atoms with Gasteiger partial charge in [-0.05, 0) is 31.9 Å². The molecule has 2 amide bonds. The number of hydrogen-bond acceptors (Lipinski definition) is 3. The van der Waals surface area contributed by atoms with Gasteiger partial charge >= 0.3 is 12.0 Å². The van der Waals surface area contributed by atoms with Gasteiger partial charge in [0.05, 0.1) is 16.8 Å². The van der Waals surface area contributed by atoms with E-state index in [-0.39, 0.29) is 18.0 Å². The molecule has 0 radical (unpaired) electrons. The number of aliphatic carboxylic acids is 1. The van der Waals surface area contributed by atoms with Crippen molar-refractivity contribution in [3.05, 3.63) is 21.3 Å². The molecule has 1 fully saturated rings. The number of likely N-dealkylation sites (tertiary alicyclic amines) is 1. The van der Waals surface area contributed by atoms with E-state index in [1.54, 1.807) is 16.8 Å². The molecule has 0 aliphatic carbocycles. The van der Waals surface area contributed by atoms with Gasteiger partial charge in [-0.1, -0.05) is 11.6 Å². The first kappa shape index (κ1) is 16.1. The van der Waals surface area contributed by atoms with Crippen molar-refractivity contribution in [2.24, 2.45) is 5.92 Å². The molecule has 2 rings (SSSR count). The number of piperidine rings is 1. The minimum absolute atomic E-state index is 0.0540. The average molecular weight is 331 g/mol. The van der Waals surface area contributed by atoms with E-state index in [2.05, 4.69) is 0 Å². The summed E-state index contributed by atoms with van der Waals surface area (Å²) < 4.78 is 0.710. The largest absolute Gasteiger partial charge is 0.481 e. The molecule has 21 heavy (non-hydrogen) atoms. The van der Waals surface area contributed by atoms with Crippen LogP contribution in [0, 0.1) is 5.92 Å². The SMILES string of the molecule is CC1CC(C(=O)O)CCN1C(=O)N(C)Cc1ccc(Cl)s1. The minimum atomic E-state index is -0.768. The first-order valence-electron chi connectivity index (χ1n) is 6.87. The number of urea groups is 1. The number of carboxylic acid groups (broad SMARTS) is 1. The van der Waals surface area contributed by atoms with E-state index in [1.807, 2.05) is 19.1 Å². The van der Waals surface area contributed by atoms with Crippen molar-refractivity contribution in [3.63, 3.8) is 0 Å². The molecule has 0 aromatic carbocycles. The van der Waals surface area contributed by atoms with Crippen molar-refractivity contribution >= 4 is 34.9 Å². The molecule has 0 spiro atoms. The van der Waals surface area contributed by atoms with E-state index in [0.717, 1.165) is 4.88 Å². The minimum Gasteiger partial charge on any atom is -0.481 e. The molecule has 1 saturated heterocycles. The van der Waals surface area contributed by atoms with Gasteiger partial charge in [-0.2, -0.15) is 0 Å². The van der Waals surface area contributed by atoms with Crippen LogP contribution in [0.4, 0.5) is 4.79 Å². The van der Waals surface area contributed by atoms with Gasteiger partial charge in [-0.15, -0.1) is 11.3 Å². The highest BCUT2D eigenvalue weighted by Gasteiger charge is 2.33. The molecule has 1 aliphatic heterocycles. The molecule has 2 unspecified atom stereocenters. The molecule has 7 heteroatoms. The number of nitrogens with zero attached hydrogens (tertiary/aromatic N) is 2. The third-order valence-electron chi connectivity index (χ3n) is 3.82. The highest BCUT2D eigenvalue weighted by molar-refractivity contribution is 7.16.